The predicted octanol–water partition coefficient (Wildman–Crippen LogP) is 2.76. The molecule has 0 aliphatic carbocycles. The summed E-state index contributed by atoms with van der Waals surface area (Å²) in [6, 6.07) is 9.69. The third kappa shape index (κ3) is 3.50. The Hall–Kier alpha value is -2.83. The van der Waals surface area contributed by atoms with Crippen LogP contribution in [0.1, 0.15) is 12.0 Å². The van der Waals surface area contributed by atoms with Gasteiger partial charge in [0.15, 0.2) is 0 Å². The van der Waals surface area contributed by atoms with Crippen molar-refractivity contribution < 1.29 is 13.9 Å². The Morgan fingerprint density at radius 1 is 1.26 bits per heavy atom. The van der Waals surface area contributed by atoms with Gasteiger partial charge < -0.3 is 15.8 Å². The maximum Gasteiger partial charge on any atom is 0.414 e. The van der Waals surface area contributed by atoms with E-state index < -0.39 is 6.09 Å². The predicted molar refractivity (Wildman–Crippen MR) is 85.7 cm³/mol. The largest absolute Gasteiger partial charge is 0.449 e. The molecule has 6 nitrogen and oxygen atoms in total. The number of nitrogens with zero attached hydrogens (tertiary/aromatic N) is 2. The van der Waals surface area contributed by atoms with E-state index in [-0.39, 0.29) is 11.6 Å². The van der Waals surface area contributed by atoms with E-state index in [9.17, 15) is 9.18 Å². The number of carbonyl (C=O) groups excluding carboxylic acids is 1. The summed E-state index contributed by atoms with van der Waals surface area (Å²) < 4.78 is 17.9. The van der Waals surface area contributed by atoms with Crippen molar-refractivity contribution in [3.63, 3.8) is 0 Å². The number of cyclic esters (lactones) is 1. The molecule has 23 heavy (non-hydrogen) atoms. The summed E-state index contributed by atoms with van der Waals surface area (Å²) in [5.41, 5.74) is 7.42. The van der Waals surface area contributed by atoms with Crippen LogP contribution in [0, 0.1) is 5.82 Å². The van der Waals surface area contributed by atoms with Gasteiger partial charge in [0.2, 0.25) is 0 Å². The van der Waals surface area contributed by atoms with Gasteiger partial charge in [0.1, 0.15) is 17.5 Å². The van der Waals surface area contributed by atoms with Gasteiger partial charge in [-0.25, -0.2) is 14.2 Å². The zero-order chi connectivity index (χ0) is 16.2. The number of amides is 1. The molecule has 3 rings (SSSR count). The molecular formula is C16H17FN4O2. The summed E-state index contributed by atoms with van der Waals surface area (Å²) in [6.45, 7) is 1.49. The number of halogens is 1. The van der Waals surface area contributed by atoms with Gasteiger partial charge in [-0.1, -0.05) is 12.1 Å². The van der Waals surface area contributed by atoms with Crippen LogP contribution in [0.4, 0.5) is 26.5 Å². The number of anilines is 3. The molecule has 0 saturated carbocycles. The van der Waals surface area contributed by atoms with Crippen LogP contribution in [-0.4, -0.2) is 24.2 Å². The maximum atomic E-state index is 12.9. The number of hydrogen-bond donors (Lipinski definition) is 2. The van der Waals surface area contributed by atoms with E-state index in [0.717, 1.165) is 12.0 Å². The van der Waals surface area contributed by atoms with Crippen molar-refractivity contribution in [1.29, 1.82) is 0 Å². The fourth-order valence-electron chi connectivity index (χ4n) is 2.36. The first kappa shape index (κ1) is 15.1. The molecule has 0 unspecified atom stereocenters. The Labute approximate surface area is 133 Å². The highest BCUT2D eigenvalue weighted by Gasteiger charge is 2.23. The second-order valence-electron chi connectivity index (χ2n) is 5.20. The normalized spacial score (nSPS) is 14.5. The Kier molecular flexibility index (Phi) is 4.27. The van der Waals surface area contributed by atoms with Crippen molar-refractivity contribution in [2.24, 2.45) is 0 Å². The molecule has 0 spiro atoms. The fraction of sp³-hybridized carbons (Fsp3) is 0.250. The molecule has 0 bridgehead atoms. The molecule has 2 heterocycles. The zero-order valence-electron chi connectivity index (χ0n) is 12.5. The van der Waals surface area contributed by atoms with Gasteiger partial charge in [0.25, 0.3) is 0 Å². The minimum absolute atomic E-state index is 0.257. The number of pyridine rings is 1. The molecule has 0 atom stereocenters. The number of nitrogens with two attached hydrogens (primary N) is 1. The molecule has 1 amide bonds. The second kappa shape index (κ2) is 6.51. The SMILES string of the molecule is Nc1nc(NCc2ccc(F)cc2)ccc1N1CCCOC1=O. The van der Waals surface area contributed by atoms with E-state index in [1.54, 1.807) is 24.3 Å². The summed E-state index contributed by atoms with van der Waals surface area (Å²) >= 11 is 0. The minimum atomic E-state index is -0.406. The Morgan fingerprint density at radius 2 is 2.04 bits per heavy atom. The third-order valence-corrected chi connectivity index (χ3v) is 3.55. The molecule has 0 radical (unpaired) electrons. The van der Waals surface area contributed by atoms with Crippen LogP contribution in [0.5, 0.6) is 0 Å². The Morgan fingerprint density at radius 3 is 2.74 bits per heavy atom. The molecule has 120 valence electrons. The van der Waals surface area contributed by atoms with E-state index >= 15 is 0 Å². The molecule has 1 fully saturated rings. The second-order valence-corrected chi connectivity index (χ2v) is 5.20. The van der Waals surface area contributed by atoms with E-state index in [1.807, 2.05) is 0 Å². The van der Waals surface area contributed by atoms with Gasteiger partial charge >= 0.3 is 6.09 Å². The van der Waals surface area contributed by atoms with E-state index in [4.69, 9.17) is 10.5 Å². The summed E-state index contributed by atoms with van der Waals surface area (Å²) in [4.78, 5) is 17.5. The quantitative estimate of drug-likeness (QED) is 0.906. The van der Waals surface area contributed by atoms with Gasteiger partial charge in [0, 0.05) is 13.1 Å². The Bertz CT molecular complexity index is 706. The monoisotopic (exact) mass is 316 g/mol. The van der Waals surface area contributed by atoms with E-state index in [0.29, 0.717) is 31.2 Å². The first-order valence-electron chi connectivity index (χ1n) is 7.32. The summed E-state index contributed by atoms with van der Waals surface area (Å²) in [5, 5.41) is 3.11. The number of benzene rings is 1. The van der Waals surface area contributed by atoms with Crippen molar-refractivity contribution in [1.82, 2.24) is 4.98 Å². The lowest BCUT2D eigenvalue weighted by atomic mass is 10.2. The van der Waals surface area contributed by atoms with Gasteiger partial charge in [-0.3, -0.25) is 4.90 Å². The zero-order valence-corrected chi connectivity index (χ0v) is 12.5. The van der Waals surface area contributed by atoms with Crippen LogP contribution in [0.25, 0.3) is 0 Å². The summed E-state index contributed by atoms with van der Waals surface area (Å²) in [5.74, 6) is 0.572. The molecular weight excluding hydrogens is 299 g/mol. The highest BCUT2D eigenvalue weighted by Crippen LogP contribution is 2.26. The number of aromatic nitrogens is 1. The van der Waals surface area contributed by atoms with E-state index in [2.05, 4.69) is 10.3 Å². The van der Waals surface area contributed by atoms with Gasteiger partial charge in [-0.2, -0.15) is 0 Å². The average Bonchev–Trinajstić information content (AvgIpc) is 2.55. The number of ether oxygens (including phenoxy) is 1. The molecule has 1 aromatic carbocycles. The van der Waals surface area contributed by atoms with Crippen molar-refractivity contribution >= 4 is 23.4 Å². The topological polar surface area (TPSA) is 80.5 Å². The van der Waals surface area contributed by atoms with Crippen LogP contribution < -0.4 is 16.0 Å². The summed E-state index contributed by atoms with van der Waals surface area (Å²) in [7, 11) is 0. The van der Waals surface area contributed by atoms with Crippen molar-refractivity contribution in [2.75, 3.05) is 29.1 Å². The fourth-order valence-corrected chi connectivity index (χ4v) is 2.36. The molecule has 3 N–H and O–H groups in total. The summed E-state index contributed by atoms with van der Waals surface area (Å²) in [6.07, 6.45) is 0.354. The molecule has 1 aromatic heterocycles. The Balaban J connectivity index is 1.69. The lowest BCUT2D eigenvalue weighted by Gasteiger charge is -2.27. The number of rotatable bonds is 4. The average molecular weight is 316 g/mol. The van der Waals surface area contributed by atoms with Crippen molar-refractivity contribution in [3.05, 3.63) is 47.8 Å². The van der Waals surface area contributed by atoms with Crippen LogP contribution in [-0.2, 0) is 11.3 Å². The lowest BCUT2D eigenvalue weighted by molar-refractivity contribution is 0.140. The minimum Gasteiger partial charge on any atom is -0.449 e. The highest BCUT2D eigenvalue weighted by molar-refractivity contribution is 5.91. The first-order valence-corrected chi connectivity index (χ1v) is 7.32. The van der Waals surface area contributed by atoms with Crippen molar-refractivity contribution in [2.45, 2.75) is 13.0 Å². The maximum absolute atomic E-state index is 12.9. The van der Waals surface area contributed by atoms with Crippen molar-refractivity contribution in [3.8, 4) is 0 Å². The smallest absolute Gasteiger partial charge is 0.414 e. The third-order valence-electron chi connectivity index (χ3n) is 3.55. The van der Waals surface area contributed by atoms with Crippen LogP contribution in [0.3, 0.4) is 0 Å². The van der Waals surface area contributed by atoms with Gasteiger partial charge in [-0.05, 0) is 36.2 Å². The number of carbonyl (C=O) groups is 1. The number of hydrogen-bond acceptors (Lipinski definition) is 5. The molecule has 2 aromatic rings. The van der Waals surface area contributed by atoms with Crippen LogP contribution in [0.2, 0.25) is 0 Å². The number of nitrogen functional groups attached to an aromatic ring is 1. The molecule has 7 heteroatoms. The molecule has 1 aliphatic heterocycles. The standard InChI is InChI=1S/C16H17FN4O2/c17-12-4-2-11(3-5-12)10-19-14-7-6-13(15(18)20-14)21-8-1-9-23-16(21)22/h2-7H,1,8-10H2,(H3,18,19,20). The highest BCUT2D eigenvalue weighted by atomic mass is 19.1. The lowest BCUT2D eigenvalue weighted by Crippen LogP contribution is -2.38. The van der Waals surface area contributed by atoms with E-state index in [1.165, 1.54) is 17.0 Å². The van der Waals surface area contributed by atoms with Crippen LogP contribution >= 0.6 is 0 Å². The van der Waals surface area contributed by atoms with Gasteiger partial charge in [0.05, 0.1) is 12.3 Å². The van der Waals surface area contributed by atoms with Gasteiger partial charge in [-0.15, -0.1) is 0 Å². The first-order chi connectivity index (χ1) is 11.1. The molecule has 1 saturated heterocycles. The number of nitrogens with one attached hydrogen (secondary N) is 1. The van der Waals surface area contributed by atoms with Crippen LogP contribution in [0.15, 0.2) is 36.4 Å². The molecule has 1 aliphatic rings.